The molecule has 0 aliphatic heterocycles. The average molecular weight is 742 g/mol. The molecule has 1 aromatic heterocycles. The van der Waals surface area contributed by atoms with Gasteiger partial charge in [-0.05, 0) is 97.3 Å². The fourth-order valence-corrected chi connectivity index (χ4v) is 9.99. The Kier molecular flexibility index (Phi) is 7.68. The quantitative estimate of drug-likeness (QED) is 0.175. The minimum Gasteiger partial charge on any atom is -0.455 e. The van der Waals surface area contributed by atoms with Gasteiger partial charge in [-0.25, -0.2) is 0 Å². The number of hydrogen-bond acceptors (Lipinski definition) is 2. The van der Waals surface area contributed by atoms with Gasteiger partial charge in [0.2, 0.25) is 0 Å². The van der Waals surface area contributed by atoms with E-state index in [4.69, 9.17) is 4.42 Å². The van der Waals surface area contributed by atoms with Crippen LogP contribution in [0, 0.1) is 0 Å². The lowest BCUT2D eigenvalue weighted by Gasteiger charge is -2.31. The van der Waals surface area contributed by atoms with Crippen molar-refractivity contribution in [3.8, 4) is 33.4 Å². The third-order valence-corrected chi connectivity index (χ3v) is 13.2. The summed E-state index contributed by atoms with van der Waals surface area (Å²) in [6.07, 6.45) is 0. The van der Waals surface area contributed by atoms with Crippen LogP contribution in [0.15, 0.2) is 144 Å². The number of nitrogens with zero attached hydrogens (tertiary/aromatic N) is 1. The van der Waals surface area contributed by atoms with E-state index in [-0.39, 0.29) is 16.2 Å². The second-order valence-electron chi connectivity index (χ2n) is 18.8. The lowest BCUT2D eigenvalue weighted by atomic mass is 9.79. The second kappa shape index (κ2) is 12.3. The van der Waals surface area contributed by atoms with E-state index < -0.39 is 0 Å². The summed E-state index contributed by atoms with van der Waals surface area (Å²) in [4.78, 5) is 2.50. The van der Waals surface area contributed by atoms with Crippen molar-refractivity contribution in [1.82, 2.24) is 0 Å². The Morgan fingerprint density at radius 1 is 0.474 bits per heavy atom. The van der Waals surface area contributed by atoms with Crippen LogP contribution in [0.1, 0.15) is 102 Å². The molecule has 0 fully saturated rings. The highest BCUT2D eigenvalue weighted by Gasteiger charge is 2.38. The molecule has 282 valence electrons. The second-order valence-corrected chi connectivity index (χ2v) is 18.8. The van der Waals surface area contributed by atoms with Crippen LogP contribution in [-0.2, 0) is 16.2 Å². The highest BCUT2D eigenvalue weighted by Crippen LogP contribution is 2.54. The van der Waals surface area contributed by atoms with Crippen molar-refractivity contribution >= 4 is 39.0 Å². The lowest BCUT2D eigenvalue weighted by molar-refractivity contribution is 0.584. The third kappa shape index (κ3) is 5.22. The molecular weight excluding hydrogens is 691 g/mol. The monoisotopic (exact) mass is 741 g/mol. The first kappa shape index (κ1) is 35.5. The van der Waals surface area contributed by atoms with Gasteiger partial charge in [0.25, 0.3) is 0 Å². The van der Waals surface area contributed by atoms with E-state index in [1.807, 2.05) is 0 Å². The van der Waals surface area contributed by atoms with Crippen molar-refractivity contribution in [3.63, 3.8) is 0 Å². The summed E-state index contributed by atoms with van der Waals surface area (Å²) in [5.41, 5.74) is 20.8. The van der Waals surface area contributed by atoms with Gasteiger partial charge in [-0.2, -0.15) is 0 Å². The molecule has 2 nitrogen and oxygen atoms in total. The molecule has 0 saturated carbocycles. The van der Waals surface area contributed by atoms with E-state index in [1.165, 1.54) is 61.0 Å². The average Bonchev–Trinajstić information content (AvgIpc) is 3.77. The van der Waals surface area contributed by atoms with Gasteiger partial charge in [-0.15, -0.1) is 0 Å². The number of hydrogen-bond donors (Lipinski definition) is 0. The molecule has 0 N–H and O–H groups in total. The Morgan fingerprint density at radius 2 is 0.982 bits per heavy atom. The molecule has 0 unspecified atom stereocenters. The minimum absolute atomic E-state index is 0.0750. The zero-order chi connectivity index (χ0) is 39.6. The predicted molar refractivity (Wildman–Crippen MR) is 242 cm³/mol. The van der Waals surface area contributed by atoms with Crippen molar-refractivity contribution in [2.45, 2.75) is 84.5 Å². The molecule has 57 heavy (non-hydrogen) atoms. The maximum Gasteiger partial charge on any atom is 0.143 e. The first-order valence-electron chi connectivity index (χ1n) is 20.6. The van der Waals surface area contributed by atoms with Crippen LogP contribution in [0.4, 0.5) is 17.1 Å². The number of fused-ring (bicyclic) bond motifs is 9. The van der Waals surface area contributed by atoms with Crippen molar-refractivity contribution in [2.24, 2.45) is 0 Å². The van der Waals surface area contributed by atoms with Crippen LogP contribution in [0.5, 0.6) is 0 Å². The molecule has 2 aliphatic carbocycles. The maximum absolute atomic E-state index is 6.94. The molecule has 2 aliphatic rings. The van der Waals surface area contributed by atoms with Gasteiger partial charge >= 0.3 is 0 Å². The number of furan rings is 1. The van der Waals surface area contributed by atoms with Crippen LogP contribution in [-0.4, -0.2) is 0 Å². The standard InChI is InChI=1S/C55H51NO/c1-33(2)37-18-14-20-44-45-21-15-19-43(52(45)57-51(37)44)42-17-11-13-23-50(42)56(35-25-28-40-38-16-10-12-22-46(38)54(6,7)48(40)31-35)36-26-29-41-39-27-24-34(53(3,4)5)30-47(39)55(8,9)49(41)32-36/h10-33H,1-9H3. The van der Waals surface area contributed by atoms with Crippen LogP contribution in [0.3, 0.4) is 0 Å². The van der Waals surface area contributed by atoms with Gasteiger partial charge in [0.1, 0.15) is 11.2 Å². The molecule has 10 rings (SSSR count). The topological polar surface area (TPSA) is 16.4 Å². The summed E-state index contributed by atoms with van der Waals surface area (Å²) in [5.74, 6) is 0.353. The summed E-state index contributed by atoms with van der Waals surface area (Å²) < 4.78 is 6.94. The maximum atomic E-state index is 6.94. The zero-order valence-corrected chi connectivity index (χ0v) is 34.7. The summed E-state index contributed by atoms with van der Waals surface area (Å²) in [6.45, 7) is 20.9. The lowest BCUT2D eigenvalue weighted by Crippen LogP contribution is -2.19. The van der Waals surface area contributed by atoms with Crippen molar-refractivity contribution < 1.29 is 4.42 Å². The van der Waals surface area contributed by atoms with Crippen LogP contribution in [0.2, 0.25) is 0 Å². The van der Waals surface area contributed by atoms with Crippen molar-refractivity contribution in [3.05, 3.63) is 173 Å². The van der Waals surface area contributed by atoms with Gasteiger partial charge < -0.3 is 9.32 Å². The van der Waals surface area contributed by atoms with Gasteiger partial charge in [-0.1, -0.05) is 172 Å². The van der Waals surface area contributed by atoms with E-state index >= 15 is 0 Å². The minimum atomic E-state index is -0.164. The summed E-state index contributed by atoms with van der Waals surface area (Å²) in [6, 6.07) is 52.4. The normalized spacial score (nSPS) is 14.8. The molecule has 0 spiro atoms. The molecule has 0 atom stereocenters. The van der Waals surface area contributed by atoms with E-state index in [2.05, 4.69) is 207 Å². The van der Waals surface area contributed by atoms with Crippen molar-refractivity contribution in [1.29, 1.82) is 0 Å². The van der Waals surface area contributed by atoms with Crippen molar-refractivity contribution in [2.75, 3.05) is 4.90 Å². The summed E-state index contributed by atoms with van der Waals surface area (Å²) >= 11 is 0. The summed E-state index contributed by atoms with van der Waals surface area (Å²) in [5, 5.41) is 2.32. The Hall–Kier alpha value is -5.86. The number of rotatable bonds is 5. The molecule has 2 heteroatoms. The third-order valence-electron chi connectivity index (χ3n) is 13.2. The van der Waals surface area contributed by atoms with Crippen LogP contribution in [0.25, 0.3) is 55.3 Å². The Balaban J connectivity index is 1.21. The SMILES string of the molecule is CC(C)c1cccc2c1oc1c(-c3ccccc3N(c3ccc4c(c3)C(C)(C)c3ccccc3-4)c3ccc4c(c3)C(C)(C)c3cc(C(C)(C)C)ccc3-4)cccc12. The van der Waals surface area contributed by atoms with E-state index in [1.54, 1.807) is 0 Å². The van der Waals surface area contributed by atoms with E-state index in [0.29, 0.717) is 5.92 Å². The molecule has 1 heterocycles. The Morgan fingerprint density at radius 3 is 1.63 bits per heavy atom. The molecule has 0 saturated heterocycles. The molecule has 7 aromatic carbocycles. The van der Waals surface area contributed by atoms with Gasteiger partial charge in [0.05, 0.1) is 5.69 Å². The first-order chi connectivity index (χ1) is 27.2. The van der Waals surface area contributed by atoms with E-state index in [0.717, 1.165) is 44.7 Å². The van der Waals surface area contributed by atoms with Gasteiger partial charge in [0.15, 0.2) is 0 Å². The predicted octanol–water partition coefficient (Wildman–Crippen LogP) is 15.8. The van der Waals surface area contributed by atoms with Crippen LogP contribution < -0.4 is 4.90 Å². The molecule has 0 radical (unpaired) electrons. The molecule has 0 bridgehead atoms. The van der Waals surface area contributed by atoms with Gasteiger partial charge in [0, 0.05) is 44.1 Å². The highest BCUT2D eigenvalue weighted by atomic mass is 16.3. The fourth-order valence-electron chi connectivity index (χ4n) is 9.99. The number of para-hydroxylation sites is 3. The molecule has 8 aromatic rings. The Bertz CT molecular complexity index is 2930. The smallest absolute Gasteiger partial charge is 0.143 e. The Labute approximate surface area is 337 Å². The van der Waals surface area contributed by atoms with Crippen LogP contribution >= 0.6 is 0 Å². The first-order valence-corrected chi connectivity index (χ1v) is 20.6. The van der Waals surface area contributed by atoms with E-state index in [9.17, 15) is 0 Å². The van der Waals surface area contributed by atoms with Gasteiger partial charge in [-0.3, -0.25) is 0 Å². The largest absolute Gasteiger partial charge is 0.455 e. The number of benzene rings is 7. The zero-order valence-electron chi connectivity index (χ0n) is 34.7. The number of anilines is 3. The molecular formula is C55H51NO. The molecule has 0 amide bonds. The summed E-state index contributed by atoms with van der Waals surface area (Å²) in [7, 11) is 0. The highest BCUT2D eigenvalue weighted by molar-refractivity contribution is 6.11. The fraction of sp³-hybridized carbons (Fsp3) is 0.236.